The van der Waals surface area contributed by atoms with Crippen molar-refractivity contribution in [2.45, 2.75) is 96.2 Å². The average molecular weight is 431 g/mol. The summed E-state index contributed by atoms with van der Waals surface area (Å²) in [7, 11) is 0.0235. The van der Waals surface area contributed by atoms with E-state index in [1.54, 1.807) is 7.11 Å². The highest BCUT2D eigenvalue weighted by molar-refractivity contribution is 6.69. The van der Waals surface area contributed by atoms with Crippen molar-refractivity contribution in [2.75, 3.05) is 7.11 Å². The first-order valence-electron chi connectivity index (χ1n) is 12.0. The van der Waals surface area contributed by atoms with E-state index in [4.69, 9.17) is 14.0 Å². The number of rotatable bonds is 3. The third kappa shape index (κ3) is 2.67. The third-order valence-electron chi connectivity index (χ3n) is 9.78. The van der Waals surface area contributed by atoms with Crippen LogP contribution in [0, 0.1) is 45.8 Å². The molecule has 5 rings (SSSR count). The summed E-state index contributed by atoms with van der Waals surface area (Å²) in [6, 6.07) is 2.53. The molecule has 0 aromatic rings. The second kappa shape index (κ2) is 6.56. The Morgan fingerprint density at radius 3 is 2.53 bits per heavy atom. The lowest BCUT2D eigenvalue weighted by atomic mass is 9.44. The van der Waals surface area contributed by atoms with Gasteiger partial charge in [0.2, 0.25) is 0 Å². The quantitative estimate of drug-likeness (QED) is 0.353. The Morgan fingerprint density at radius 2 is 1.87 bits per heavy atom. The molecule has 0 aromatic carbocycles. The molecule has 1 heterocycles. The normalized spacial score (nSPS) is 53.2. The van der Waals surface area contributed by atoms with E-state index in [0.29, 0.717) is 17.4 Å². The zero-order valence-corrected chi connectivity index (χ0v) is 20.5. The van der Waals surface area contributed by atoms with Crippen LogP contribution in [-0.4, -0.2) is 38.9 Å². The molecule has 5 fully saturated rings. The molecule has 166 valence electrons. The van der Waals surface area contributed by atoms with Crippen LogP contribution in [0.5, 0.6) is 0 Å². The summed E-state index contributed by atoms with van der Waals surface area (Å²) < 4.78 is 13.2. The smallest absolute Gasteiger partial charge is 0.184 e. The number of ether oxygens (including phenoxy) is 1. The minimum atomic E-state index is -1.55. The summed E-state index contributed by atoms with van der Waals surface area (Å²) in [5.74, 6) is 1.94. The standard InChI is InChI=1S/C24H38N2O3Si/c1-22-11-10-18-16(17(22)7-8-19(22)29-30(4,5)6)9-12-24-21(28-24)20(26-27-3)15(14-25)13-23(18,24)2/h15-19,21H,7-13H2,1-6H3/b26-20-/t15-,16-,17-,18-,19-,21+,22-,23+,24+/m0/s1. The first-order valence-corrected chi connectivity index (χ1v) is 15.4. The molecule has 9 atom stereocenters. The maximum absolute atomic E-state index is 9.90. The Morgan fingerprint density at radius 1 is 1.10 bits per heavy atom. The Hall–Kier alpha value is -0.903. The van der Waals surface area contributed by atoms with Crippen molar-refractivity contribution in [1.82, 2.24) is 0 Å². The topological polar surface area (TPSA) is 67.1 Å². The highest BCUT2D eigenvalue weighted by Crippen LogP contribution is 2.73. The minimum Gasteiger partial charge on any atom is -0.414 e. The first-order chi connectivity index (χ1) is 14.1. The van der Waals surface area contributed by atoms with Gasteiger partial charge in [-0.2, -0.15) is 5.26 Å². The number of oxime groups is 1. The molecule has 6 heteroatoms. The molecule has 4 saturated carbocycles. The lowest BCUT2D eigenvalue weighted by Gasteiger charge is -2.60. The molecule has 0 bridgehead atoms. The van der Waals surface area contributed by atoms with Crippen molar-refractivity contribution in [3.63, 3.8) is 0 Å². The summed E-state index contributed by atoms with van der Waals surface area (Å²) >= 11 is 0. The fourth-order valence-corrected chi connectivity index (χ4v) is 9.74. The van der Waals surface area contributed by atoms with Gasteiger partial charge in [-0.05, 0) is 87.8 Å². The van der Waals surface area contributed by atoms with Crippen molar-refractivity contribution in [3.05, 3.63) is 0 Å². The van der Waals surface area contributed by atoms with E-state index in [1.165, 1.54) is 32.1 Å². The molecule has 0 unspecified atom stereocenters. The molecule has 1 spiro atoms. The second-order valence-electron chi connectivity index (χ2n) is 12.1. The number of fused-ring (bicyclic) bond motifs is 4. The minimum absolute atomic E-state index is 0.0124. The molecule has 0 amide bonds. The predicted molar refractivity (Wildman–Crippen MR) is 118 cm³/mol. The van der Waals surface area contributed by atoms with Gasteiger partial charge < -0.3 is 14.0 Å². The molecule has 0 N–H and O–H groups in total. The van der Waals surface area contributed by atoms with Crippen molar-refractivity contribution in [3.8, 4) is 6.07 Å². The second-order valence-corrected chi connectivity index (χ2v) is 16.6. The molecule has 0 aromatic heterocycles. The van der Waals surface area contributed by atoms with Crippen LogP contribution >= 0.6 is 0 Å². The van der Waals surface area contributed by atoms with Gasteiger partial charge in [-0.15, -0.1) is 0 Å². The van der Waals surface area contributed by atoms with E-state index < -0.39 is 8.32 Å². The fourth-order valence-electron chi connectivity index (χ4n) is 8.50. The van der Waals surface area contributed by atoms with E-state index in [9.17, 15) is 5.26 Å². The Labute approximate surface area is 182 Å². The summed E-state index contributed by atoms with van der Waals surface area (Å²) in [4.78, 5) is 5.09. The molecule has 5 nitrogen and oxygen atoms in total. The van der Waals surface area contributed by atoms with Gasteiger partial charge in [0.05, 0.1) is 18.1 Å². The van der Waals surface area contributed by atoms with Gasteiger partial charge in [-0.1, -0.05) is 19.0 Å². The van der Waals surface area contributed by atoms with Crippen molar-refractivity contribution in [1.29, 1.82) is 5.26 Å². The van der Waals surface area contributed by atoms with Crippen LogP contribution in [0.25, 0.3) is 0 Å². The van der Waals surface area contributed by atoms with Crippen LogP contribution in [0.2, 0.25) is 19.6 Å². The monoisotopic (exact) mass is 430 g/mol. The Kier molecular flexibility index (Phi) is 4.58. The largest absolute Gasteiger partial charge is 0.414 e. The van der Waals surface area contributed by atoms with Crippen LogP contribution in [0.1, 0.15) is 58.8 Å². The zero-order chi connectivity index (χ0) is 21.5. The van der Waals surface area contributed by atoms with E-state index in [0.717, 1.165) is 30.4 Å². The molecular weight excluding hydrogens is 392 g/mol. The number of nitriles is 1. The molecule has 4 aliphatic carbocycles. The molecule has 0 radical (unpaired) electrons. The predicted octanol–water partition coefficient (Wildman–Crippen LogP) is 5.13. The van der Waals surface area contributed by atoms with Gasteiger partial charge in [0.15, 0.2) is 8.32 Å². The molecule has 1 aliphatic heterocycles. The van der Waals surface area contributed by atoms with Crippen LogP contribution in [-0.2, 0) is 14.0 Å². The highest BCUT2D eigenvalue weighted by atomic mass is 28.4. The number of hydrogen-bond donors (Lipinski definition) is 0. The first kappa shape index (κ1) is 21.0. The average Bonchev–Trinajstić information content (AvgIpc) is 3.33. The van der Waals surface area contributed by atoms with Gasteiger partial charge in [0.1, 0.15) is 24.5 Å². The lowest BCUT2D eigenvalue weighted by Crippen LogP contribution is -2.60. The number of nitrogens with zero attached hydrogens (tertiary/aromatic N) is 2. The van der Waals surface area contributed by atoms with Gasteiger partial charge >= 0.3 is 0 Å². The van der Waals surface area contributed by atoms with Crippen LogP contribution in [0.4, 0.5) is 0 Å². The Balaban J connectivity index is 1.44. The van der Waals surface area contributed by atoms with Crippen LogP contribution in [0.3, 0.4) is 0 Å². The van der Waals surface area contributed by atoms with Gasteiger partial charge in [-0.3, -0.25) is 0 Å². The fraction of sp³-hybridized carbons (Fsp3) is 0.917. The van der Waals surface area contributed by atoms with E-state index in [-0.39, 0.29) is 23.0 Å². The van der Waals surface area contributed by atoms with Gasteiger partial charge in [0, 0.05) is 5.41 Å². The lowest BCUT2D eigenvalue weighted by molar-refractivity contribution is -0.119. The van der Waals surface area contributed by atoms with Gasteiger partial charge in [-0.25, -0.2) is 0 Å². The third-order valence-corrected chi connectivity index (χ3v) is 10.8. The SMILES string of the molecule is CO/N=C1/[C@H](C#N)C[C@]2(C)[C@H]3CC[C@]4(C)[C@@H](O[Si](C)(C)C)CC[C@H]4[C@@H]3CC[C@]23O[C@H]13. The zero-order valence-electron chi connectivity index (χ0n) is 19.5. The van der Waals surface area contributed by atoms with Gasteiger partial charge in [0.25, 0.3) is 0 Å². The molecule has 1 saturated heterocycles. The maximum atomic E-state index is 9.90. The Bertz CT molecular complexity index is 803. The van der Waals surface area contributed by atoms with E-state index in [1.807, 2.05) is 0 Å². The van der Waals surface area contributed by atoms with Crippen LogP contribution < -0.4 is 0 Å². The number of epoxide rings is 1. The van der Waals surface area contributed by atoms with Crippen molar-refractivity contribution >= 4 is 14.0 Å². The van der Waals surface area contributed by atoms with E-state index in [2.05, 4.69) is 44.7 Å². The molecular formula is C24H38N2O3Si. The summed E-state index contributed by atoms with van der Waals surface area (Å²) in [5.41, 5.74) is 1.10. The van der Waals surface area contributed by atoms with Crippen molar-refractivity contribution < 1.29 is 14.0 Å². The number of hydrogen-bond acceptors (Lipinski definition) is 5. The summed E-state index contributed by atoms with van der Waals surface area (Å²) in [5, 5.41) is 14.1. The summed E-state index contributed by atoms with van der Waals surface area (Å²) in [6.45, 7) is 11.9. The summed E-state index contributed by atoms with van der Waals surface area (Å²) in [6.07, 6.45) is 8.65. The molecule has 30 heavy (non-hydrogen) atoms. The maximum Gasteiger partial charge on any atom is 0.184 e. The highest BCUT2D eigenvalue weighted by Gasteiger charge is 2.77. The van der Waals surface area contributed by atoms with Crippen molar-refractivity contribution in [2.24, 2.45) is 39.7 Å². The molecule has 5 aliphatic rings. The van der Waals surface area contributed by atoms with Crippen LogP contribution in [0.15, 0.2) is 5.16 Å². The van der Waals surface area contributed by atoms with E-state index >= 15 is 0 Å².